The summed E-state index contributed by atoms with van der Waals surface area (Å²) in [6, 6.07) is 3.97. The minimum absolute atomic E-state index is 0.230. The van der Waals surface area contributed by atoms with Gasteiger partial charge in [-0.25, -0.2) is 0 Å². The van der Waals surface area contributed by atoms with Gasteiger partial charge >= 0.3 is 0 Å². The first-order valence-electron chi connectivity index (χ1n) is 5.92. The average Bonchev–Trinajstić information content (AvgIpc) is 2.58. The molecule has 0 bridgehead atoms. The van der Waals surface area contributed by atoms with Crippen molar-refractivity contribution in [1.82, 2.24) is 4.98 Å². The van der Waals surface area contributed by atoms with Gasteiger partial charge in [0.2, 0.25) is 0 Å². The zero-order chi connectivity index (χ0) is 11.8. The fourth-order valence-corrected chi connectivity index (χ4v) is 2.39. The van der Waals surface area contributed by atoms with E-state index in [1.54, 1.807) is 6.92 Å². The summed E-state index contributed by atoms with van der Waals surface area (Å²) in [4.78, 5) is 6.69. The van der Waals surface area contributed by atoms with Gasteiger partial charge in [-0.3, -0.25) is 4.98 Å². The molecule has 1 N–H and O–H groups in total. The van der Waals surface area contributed by atoms with E-state index < -0.39 is 6.10 Å². The van der Waals surface area contributed by atoms with Crippen LogP contribution in [0.3, 0.4) is 0 Å². The third-order valence-corrected chi connectivity index (χ3v) is 3.41. The van der Waals surface area contributed by atoms with Crippen LogP contribution < -0.4 is 4.90 Å². The van der Waals surface area contributed by atoms with Gasteiger partial charge in [-0.05, 0) is 45.7 Å². The lowest BCUT2D eigenvalue weighted by Gasteiger charge is -2.33. The highest BCUT2D eigenvalue weighted by atomic mass is 16.3. The maximum Gasteiger partial charge on any atom is 0.0931 e. The molecule has 1 aromatic heterocycles. The molecule has 0 aliphatic carbocycles. The summed E-state index contributed by atoms with van der Waals surface area (Å²) in [5.41, 5.74) is 2.13. The van der Waals surface area contributed by atoms with Crippen LogP contribution in [0.5, 0.6) is 0 Å². The van der Waals surface area contributed by atoms with E-state index in [-0.39, 0.29) is 5.54 Å². The van der Waals surface area contributed by atoms with Gasteiger partial charge in [0.1, 0.15) is 0 Å². The zero-order valence-electron chi connectivity index (χ0n) is 10.3. The highest BCUT2D eigenvalue weighted by Gasteiger charge is 2.31. The quantitative estimate of drug-likeness (QED) is 0.832. The second-order valence-electron chi connectivity index (χ2n) is 5.18. The fourth-order valence-electron chi connectivity index (χ4n) is 2.39. The standard InChI is InChI=1S/C13H20N2O/c1-10(16)12-6-5-11(9-14-12)15-8-4-7-13(15,2)3/h5-6,9-10,16H,4,7-8H2,1-3H3. The molecule has 88 valence electrons. The van der Waals surface area contributed by atoms with Gasteiger partial charge in [0.25, 0.3) is 0 Å². The average molecular weight is 220 g/mol. The summed E-state index contributed by atoms with van der Waals surface area (Å²) in [6.45, 7) is 7.37. The minimum atomic E-state index is -0.486. The molecule has 16 heavy (non-hydrogen) atoms. The van der Waals surface area contributed by atoms with Gasteiger partial charge < -0.3 is 10.0 Å². The first-order valence-corrected chi connectivity index (χ1v) is 5.92. The van der Waals surface area contributed by atoms with Crippen molar-refractivity contribution >= 4 is 5.69 Å². The topological polar surface area (TPSA) is 36.4 Å². The van der Waals surface area contributed by atoms with Crippen molar-refractivity contribution in [2.45, 2.75) is 45.3 Å². The number of hydrogen-bond acceptors (Lipinski definition) is 3. The summed E-state index contributed by atoms with van der Waals surface area (Å²) in [6.07, 6.45) is 3.85. The van der Waals surface area contributed by atoms with E-state index in [9.17, 15) is 5.11 Å². The van der Waals surface area contributed by atoms with E-state index in [4.69, 9.17) is 0 Å². The summed E-state index contributed by atoms with van der Waals surface area (Å²) in [5.74, 6) is 0. The maximum absolute atomic E-state index is 9.41. The lowest BCUT2D eigenvalue weighted by atomic mass is 10.0. The highest BCUT2D eigenvalue weighted by Crippen LogP contribution is 2.33. The molecule has 0 aromatic carbocycles. The Morgan fingerprint density at radius 1 is 1.44 bits per heavy atom. The molecule has 2 rings (SSSR count). The molecule has 1 aliphatic rings. The van der Waals surface area contributed by atoms with Crippen LogP contribution >= 0.6 is 0 Å². The van der Waals surface area contributed by atoms with Crippen molar-refractivity contribution in [3.8, 4) is 0 Å². The maximum atomic E-state index is 9.41. The van der Waals surface area contributed by atoms with Crippen LogP contribution in [0.25, 0.3) is 0 Å². The molecule has 0 radical (unpaired) electrons. The zero-order valence-corrected chi connectivity index (χ0v) is 10.3. The Morgan fingerprint density at radius 3 is 2.62 bits per heavy atom. The third-order valence-electron chi connectivity index (χ3n) is 3.41. The molecule has 3 nitrogen and oxygen atoms in total. The molecule has 2 heterocycles. The van der Waals surface area contributed by atoms with Crippen molar-refractivity contribution in [3.63, 3.8) is 0 Å². The molecule has 1 aliphatic heterocycles. The smallest absolute Gasteiger partial charge is 0.0931 e. The first-order chi connectivity index (χ1) is 7.50. The van der Waals surface area contributed by atoms with Crippen molar-refractivity contribution in [2.75, 3.05) is 11.4 Å². The number of pyridine rings is 1. The molecule has 0 amide bonds. The van der Waals surface area contributed by atoms with Crippen LogP contribution in [-0.2, 0) is 0 Å². The van der Waals surface area contributed by atoms with Crippen LogP contribution in [-0.4, -0.2) is 22.2 Å². The van der Waals surface area contributed by atoms with E-state index in [1.165, 1.54) is 12.8 Å². The fraction of sp³-hybridized carbons (Fsp3) is 0.615. The third kappa shape index (κ3) is 2.05. The van der Waals surface area contributed by atoms with Gasteiger partial charge in [0.05, 0.1) is 23.7 Å². The van der Waals surface area contributed by atoms with E-state index in [0.29, 0.717) is 0 Å². The number of aliphatic hydroxyl groups is 1. The lowest BCUT2D eigenvalue weighted by molar-refractivity contribution is 0.194. The normalized spacial score (nSPS) is 21.1. The van der Waals surface area contributed by atoms with Gasteiger partial charge in [-0.2, -0.15) is 0 Å². The van der Waals surface area contributed by atoms with Crippen LogP contribution in [0.2, 0.25) is 0 Å². The summed E-state index contributed by atoms with van der Waals surface area (Å²) < 4.78 is 0. The van der Waals surface area contributed by atoms with E-state index in [2.05, 4.69) is 29.8 Å². The largest absolute Gasteiger partial charge is 0.387 e. The van der Waals surface area contributed by atoms with Gasteiger partial charge in [-0.15, -0.1) is 0 Å². The molecule has 0 spiro atoms. The Balaban J connectivity index is 2.22. The summed E-state index contributed by atoms with van der Waals surface area (Å²) in [5, 5.41) is 9.41. The number of rotatable bonds is 2. The summed E-state index contributed by atoms with van der Waals surface area (Å²) >= 11 is 0. The van der Waals surface area contributed by atoms with E-state index in [0.717, 1.165) is 17.9 Å². The number of aliphatic hydroxyl groups excluding tert-OH is 1. The molecule has 0 saturated carbocycles. The molecule has 3 heteroatoms. The SMILES string of the molecule is CC(O)c1ccc(N2CCCC2(C)C)cn1. The van der Waals surface area contributed by atoms with E-state index in [1.807, 2.05) is 12.3 Å². The predicted molar refractivity (Wildman–Crippen MR) is 65.5 cm³/mol. The molecule has 1 atom stereocenters. The Morgan fingerprint density at radius 2 is 2.19 bits per heavy atom. The van der Waals surface area contributed by atoms with Crippen LogP contribution in [0, 0.1) is 0 Å². The molecule has 1 aromatic rings. The minimum Gasteiger partial charge on any atom is -0.387 e. The number of anilines is 1. The van der Waals surface area contributed by atoms with E-state index >= 15 is 0 Å². The van der Waals surface area contributed by atoms with Crippen molar-refractivity contribution in [2.24, 2.45) is 0 Å². The Labute approximate surface area is 97.1 Å². The molecule has 1 unspecified atom stereocenters. The predicted octanol–water partition coefficient (Wildman–Crippen LogP) is 2.51. The van der Waals surface area contributed by atoms with Crippen molar-refractivity contribution in [3.05, 3.63) is 24.0 Å². The van der Waals surface area contributed by atoms with Gasteiger partial charge in [-0.1, -0.05) is 0 Å². The van der Waals surface area contributed by atoms with Crippen LogP contribution in [0.4, 0.5) is 5.69 Å². The second kappa shape index (κ2) is 4.06. The molecule has 1 saturated heterocycles. The highest BCUT2D eigenvalue weighted by molar-refractivity contribution is 5.48. The monoisotopic (exact) mass is 220 g/mol. The Bertz CT molecular complexity index is 357. The summed E-state index contributed by atoms with van der Waals surface area (Å²) in [7, 11) is 0. The Hall–Kier alpha value is -1.09. The molecular formula is C13H20N2O. The lowest BCUT2D eigenvalue weighted by Crippen LogP contribution is -2.38. The number of nitrogens with zero attached hydrogens (tertiary/aromatic N) is 2. The van der Waals surface area contributed by atoms with Gasteiger partial charge in [0.15, 0.2) is 0 Å². The number of hydrogen-bond donors (Lipinski definition) is 1. The molecule has 1 fully saturated rings. The van der Waals surface area contributed by atoms with Gasteiger partial charge in [0, 0.05) is 12.1 Å². The second-order valence-corrected chi connectivity index (χ2v) is 5.18. The van der Waals surface area contributed by atoms with Crippen molar-refractivity contribution in [1.29, 1.82) is 0 Å². The van der Waals surface area contributed by atoms with Crippen LogP contribution in [0.15, 0.2) is 18.3 Å². The Kier molecular flexibility index (Phi) is 2.89. The van der Waals surface area contributed by atoms with Crippen LogP contribution in [0.1, 0.15) is 45.4 Å². The first kappa shape index (κ1) is 11.4. The van der Waals surface area contributed by atoms with Crippen molar-refractivity contribution < 1.29 is 5.11 Å². The number of aromatic nitrogens is 1. The molecular weight excluding hydrogens is 200 g/mol.